The number of anilines is 2. The Kier molecular flexibility index (Phi) is 4.84. The molecule has 1 aromatic carbocycles. The first-order valence-electron chi connectivity index (χ1n) is 7.70. The van der Waals surface area contributed by atoms with E-state index in [1.54, 1.807) is 25.1 Å². The molecule has 2 aromatic heterocycles. The summed E-state index contributed by atoms with van der Waals surface area (Å²) in [5, 5.41) is 2.85. The zero-order chi connectivity index (χ0) is 18.9. The van der Waals surface area contributed by atoms with Gasteiger partial charge in [0.05, 0.1) is 16.3 Å². The van der Waals surface area contributed by atoms with E-state index >= 15 is 0 Å². The van der Waals surface area contributed by atoms with Crippen LogP contribution in [-0.4, -0.2) is 19.3 Å². The van der Waals surface area contributed by atoms with Crippen LogP contribution in [0, 0.1) is 13.8 Å². The highest BCUT2D eigenvalue weighted by Crippen LogP contribution is 2.35. The highest BCUT2D eigenvalue weighted by molar-refractivity contribution is 7.92. The molecular formula is C17H21N3O4S2. The Bertz CT molecular complexity index is 1080. The van der Waals surface area contributed by atoms with Crippen LogP contribution in [0.15, 0.2) is 45.9 Å². The molecule has 3 aromatic rings. The molecule has 0 spiro atoms. The van der Waals surface area contributed by atoms with Gasteiger partial charge in [0.2, 0.25) is 11.0 Å². The maximum Gasteiger partial charge on any atom is 0.295 e. The minimum Gasteiger partial charge on any atom is -0.442 e. The Morgan fingerprint density at radius 1 is 1.19 bits per heavy atom. The molecule has 0 aliphatic heterocycles. The van der Waals surface area contributed by atoms with Crippen molar-refractivity contribution >= 4 is 38.1 Å². The molecule has 3 rings (SSSR count). The summed E-state index contributed by atoms with van der Waals surface area (Å²) in [4.78, 5) is 16.0. The Balaban J connectivity index is 0.00000196. The number of amides is 1. The topological polar surface area (TPSA) is 101 Å². The minimum atomic E-state index is -3.85. The van der Waals surface area contributed by atoms with Crippen LogP contribution in [0.5, 0.6) is 0 Å². The van der Waals surface area contributed by atoms with Gasteiger partial charge in [-0.1, -0.05) is 29.5 Å². The van der Waals surface area contributed by atoms with E-state index in [2.05, 4.69) is 15.0 Å². The molecule has 0 aliphatic carbocycles. The van der Waals surface area contributed by atoms with Gasteiger partial charge in [0.1, 0.15) is 5.76 Å². The summed E-state index contributed by atoms with van der Waals surface area (Å²) in [5.41, 5.74) is 1.94. The van der Waals surface area contributed by atoms with Gasteiger partial charge >= 0.3 is 0 Å². The van der Waals surface area contributed by atoms with E-state index in [4.69, 9.17) is 4.42 Å². The number of aromatic nitrogens is 1. The largest absolute Gasteiger partial charge is 0.442 e. The van der Waals surface area contributed by atoms with E-state index in [1.807, 2.05) is 19.1 Å². The van der Waals surface area contributed by atoms with Gasteiger partial charge in [-0.25, -0.2) is 4.98 Å². The molecule has 2 heterocycles. The van der Waals surface area contributed by atoms with Gasteiger partial charge in [-0.3, -0.25) is 9.52 Å². The van der Waals surface area contributed by atoms with Crippen LogP contribution in [0.3, 0.4) is 0 Å². The molecule has 0 bridgehead atoms. The van der Waals surface area contributed by atoms with Gasteiger partial charge < -0.3 is 9.73 Å². The normalized spacial score (nSPS) is 11.3. The molecule has 0 saturated heterocycles. The van der Waals surface area contributed by atoms with Crippen LogP contribution in [0.2, 0.25) is 0 Å². The Labute approximate surface area is 158 Å². The second-order valence-corrected chi connectivity index (χ2v) is 8.27. The number of carbonyl (C=O) groups is 1. The van der Waals surface area contributed by atoms with Crippen molar-refractivity contribution < 1.29 is 20.5 Å². The van der Waals surface area contributed by atoms with Gasteiger partial charge in [0.15, 0.2) is 5.13 Å². The fourth-order valence-electron chi connectivity index (χ4n) is 2.30. The number of benzene rings is 1. The molecule has 140 valence electrons. The zero-order valence-electron chi connectivity index (χ0n) is 14.4. The van der Waals surface area contributed by atoms with Gasteiger partial charge in [-0.15, -0.1) is 0 Å². The first-order valence-corrected chi connectivity index (χ1v) is 10.00. The number of thiazole rings is 1. The number of aryl methyl sites for hydroxylation is 2. The van der Waals surface area contributed by atoms with Crippen molar-refractivity contribution in [1.29, 1.82) is 0 Å². The number of hydrogen-bond donors (Lipinski definition) is 2. The van der Waals surface area contributed by atoms with Crippen LogP contribution in [0.25, 0.3) is 10.6 Å². The number of rotatable bonds is 5. The lowest BCUT2D eigenvalue weighted by molar-refractivity contribution is -0.114. The lowest BCUT2D eigenvalue weighted by Crippen LogP contribution is -2.12. The average Bonchev–Trinajstić information content (AvgIpc) is 3.16. The zero-order valence-corrected chi connectivity index (χ0v) is 16.0. The first kappa shape index (κ1) is 18.2. The second kappa shape index (κ2) is 6.93. The van der Waals surface area contributed by atoms with Crippen molar-refractivity contribution in [1.82, 2.24) is 4.98 Å². The van der Waals surface area contributed by atoms with Gasteiger partial charge in [0, 0.05) is 9.78 Å². The molecule has 0 saturated carbocycles. The Morgan fingerprint density at radius 3 is 2.62 bits per heavy atom. The molecule has 26 heavy (non-hydrogen) atoms. The molecule has 7 nitrogen and oxygen atoms in total. The summed E-state index contributed by atoms with van der Waals surface area (Å²) in [5.74, 6) is 0.150. The molecule has 0 radical (unpaired) electrons. The minimum absolute atomic E-state index is 0. The molecule has 2 N–H and O–H groups in total. The van der Waals surface area contributed by atoms with Gasteiger partial charge in [-0.2, -0.15) is 8.42 Å². The molecule has 0 atom stereocenters. The number of hydrogen-bond acceptors (Lipinski definition) is 6. The molecule has 0 aliphatic rings. The number of sulfonamides is 1. The fraction of sp³-hybridized carbons (Fsp3) is 0.176. The highest BCUT2D eigenvalue weighted by Gasteiger charge is 2.22. The summed E-state index contributed by atoms with van der Waals surface area (Å²) in [6.07, 6.45) is 0. The molecule has 0 fully saturated rings. The van der Waals surface area contributed by atoms with E-state index in [0.717, 1.165) is 5.56 Å². The summed E-state index contributed by atoms with van der Waals surface area (Å²) in [7, 11) is -3.85. The summed E-state index contributed by atoms with van der Waals surface area (Å²) in [6, 6.07) is 10.1. The van der Waals surface area contributed by atoms with Crippen molar-refractivity contribution in [3.8, 4) is 10.6 Å². The van der Waals surface area contributed by atoms with E-state index in [-0.39, 0.29) is 13.9 Å². The van der Waals surface area contributed by atoms with E-state index in [1.165, 1.54) is 24.3 Å². The molecule has 9 heteroatoms. The SMILES string of the molecule is CC(=O)Nc1nc(C)c(-c2ccc(S(=O)(=O)Nc3ccccc3C)o2)s1.[HH].[HH]. The molecule has 1 amide bonds. The second-order valence-electron chi connectivity index (χ2n) is 5.65. The van der Waals surface area contributed by atoms with Gasteiger partial charge in [-0.05, 0) is 37.6 Å². The Morgan fingerprint density at radius 2 is 1.92 bits per heavy atom. The van der Waals surface area contributed by atoms with Crippen LogP contribution in [0.4, 0.5) is 10.8 Å². The number of carbonyl (C=O) groups excluding carboxylic acids is 1. The molecular weight excluding hydrogens is 374 g/mol. The van der Waals surface area contributed by atoms with Crippen LogP contribution in [-0.2, 0) is 14.8 Å². The van der Waals surface area contributed by atoms with Crippen molar-refractivity contribution in [3.63, 3.8) is 0 Å². The van der Waals surface area contributed by atoms with E-state index < -0.39 is 10.0 Å². The maximum atomic E-state index is 12.6. The van der Waals surface area contributed by atoms with Crippen molar-refractivity contribution in [2.75, 3.05) is 10.0 Å². The van der Waals surface area contributed by atoms with Crippen LogP contribution in [0.1, 0.15) is 21.0 Å². The number of para-hydroxylation sites is 1. The third-order valence-corrected chi connectivity index (χ3v) is 5.86. The first-order chi connectivity index (χ1) is 12.3. The number of nitrogens with zero attached hydrogens (tertiary/aromatic N) is 1. The quantitative estimate of drug-likeness (QED) is 0.672. The highest BCUT2D eigenvalue weighted by atomic mass is 32.2. The predicted molar refractivity (Wildman–Crippen MR) is 105 cm³/mol. The summed E-state index contributed by atoms with van der Waals surface area (Å²) >= 11 is 1.22. The van der Waals surface area contributed by atoms with Crippen molar-refractivity contribution in [2.24, 2.45) is 0 Å². The smallest absolute Gasteiger partial charge is 0.295 e. The third-order valence-electron chi connectivity index (χ3n) is 3.54. The van der Waals surface area contributed by atoms with Crippen molar-refractivity contribution in [2.45, 2.75) is 25.9 Å². The van der Waals surface area contributed by atoms with E-state index in [0.29, 0.717) is 27.2 Å². The lowest BCUT2D eigenvalue weighted by atomic mass is 10.2. The standard InChI is InChI=1S/C17H17N3O4S2.2H2/c1-10-6-4-5-7-13(10)20-26(22,23)15-9-8-14(24-15)16-11(2)18-17(25-16)19-12(3)21;;/h4-9,20H,1-3H3,(H,18,19,21);2*1H. The number of nitrogens with one attached hydrogen (secondary N) is 2. The maximum absolute atomic E-state index is 12.6. The average molecular weight is 396 g/mol. The third kappa shape index (κ3) is 3.78. The van der Waals surface area contributed by atoms with Gasteiger partial charge in [0.25, 0.3) is 10.0 Å². The summed E-state index contributed by atoms with van der Waals surface area (Å²) < 4.78 is 33.2. The van der Waals surface area contributed by atoms with E-state index in [9.17, 15) is 13.2 Å². The predicted octanol–water partition coefficient (Wildman–Crippen LogP) is 4.27. The number of furan rings is 1. The van der Waals surface area contributed by atoms with Crippen molar-refractivity contribution in [3.05, 3.63) is 47.7 Å². The lowest BCUT2D eigenvalue weighted by Gasteiger charge is -2.08. The monoisotopic (exact) mass is 395 g/mol. The Hall–Kier alpha value is -2.65. The fourth-order valence-corrected chi connectivity index (χ4v) is 4.34. The van der Waals surface area contributed by atoms with Crippen LogP contribution >= 0.6 is 11.3 Å². The summed E-state index contributed by atoms with van der Waals surface area (Å²) in [6.45, 7) is 4.97. The molecule has 0 unspecified atom stereocenters. The van der Waals surface area contributed by atoms with Crippen LogP contribution < -0.4 is 10.0 Å².